The molecule has 0 spiro atoms. The minimum atomic E-state index is 0.248. The number of likely N-dealkylation sites (N-methyl/N-ethyl adjacent to an activating group) is 1. The van der Waals surface area contributed by atoms with E-state index in [4.69, 9.17) is 0 Å². The summed E-state index contributed by atoms with van der Waals surface area (Å²) in [6, 6.07) is 9.32. The van der Waals surface area contributed by atoms with Crippen molar-refractivity contribution in [1.82, 2.24) is 19.7 Å². The van der Waals surface area contributed by atoms with E-state index in [1.165, 1.54) is 48.7 Å². The van der Waals surface area contributed by atoms with Gasteiger partial charge in [0.2, 0.25) is 5.91 Å². The maximum Gasteiger partial charge on any atom is 0.220 e. The lowest BCUT2D eigenvalue weighted by Crippen LogP contribution is -2.40. The van der Waals surface area contributed by atoms with E-state index >= 15 is 0 Å². The molecule has 4 rings (SSSR count). The lowest BCUT2D eigenvalue weighted by atomic mass is 9.92. The molecule has 2 fully saturated rings. The number of aryl methyl sites for hydroxylation is 1. The van der Waals surface area contributed by atoms with Gasteiger partial charge >= 0.3 is 0 Å². The summed E-state index contributed by atoms with van der Waals surface area (Å²) in [7, 11) is 0. The molecule has 2 saturated heterocycles. The molecule has 2 aliphatic rings. The number of nitrogens with one attached hydrogen (secondary N) is 1. The van der Waals surface area contributed by atoms with Crippen LogP contribution < -0.4 is 5.32 Å². The third-order valence-electron chi connectivity index (χ3n) is 7.53. The highest BCUT2D eigenvalue weighted by Gasteiger charge is 2.24. The first-order valence-corrected chi connectivity index (χ1v) is 12.5. The van der Waals surface area contributed by atoms with Gasteiger partial charge in [0.05, 0.1) is 0 Å². The Balaban J connectivity index is 1.19. The number of hydrogen-bond donors (Lipinski definition) is 1. The Morgan fingerprint density at radius 2 is 1.87 bits per heavy atom. The molecule has 2 aromatic rings. The van der Waals surface area contributed by atoms with Crippen molar-refractivity contribution in [2.45, 2.75) is 71.5 Å². The fourth-order valence-electron chi connectivity index (χ4n) is 5.58. The molecule has 1 aromatic carbocycles. The first-order valence-electron chi connectivity index (χ1n) is 12.5. The zero-order valence-corrected chi connectivity index (χ0v) is 19.5. The largest absolute Gasteiger partial charge is 0.355 e. The van der Waals surface area contributed by atoms with Gasteiger partial charge in [-0.15, -0.1) is 0 Å². The molecule has 0 radical (unpaired) electrons. The molecule has 2 aliphatic heterocycles. The third kappa shape index (κ3) is 5.50. The number of benzene rings is 1. The Morgan fingerprint density at radius 1 is 1.06 bits per heavy atom. The molecule has 3 heterocycles. The summed E-state index contributed by atoms with van der Waals surface area (Å²) in [5.74, 6) is 0.940. The molecule has 0 aliphatic carbocycles. The second kappa shape index (κ2) is 10.6. The number of carbonyl (C=O) groups excluding carboxylic acids is 1. The van der Waals surface area contributed by atoms with Crippen LogP contribution in [-0.4, -0.2) is 59.0 Å². The summed E-state index contributed by atoms with van der Waals surface area (Å²) in [5.41, 5.74) is 2.80. The lowest BCUT2D eigenvalue weighted by Gasteiger charge is -2.31. The zero-order chi connectivity index (χ0) is 21.6. The van der Waals surface area contributed by atoms with Crippen molar-refractivity contribution < 1.29 is 4.79 Å². The third-order valence-corrected chi connectivity index (χ3v) is 7.53. The average molecular weight is 425 g/mol. The minimum absolute atomic E-state index is 0.248. The van der Waals surface area contributed by atoms with E-state index in [2.05, 4.69) is 64.0 Å². The van der Waals surface area contributed by atoms with Crippen LogP contribution in [0.5, 0.6) is 0 Å². The van der Waals surface area contributed by atoms with Gasteiger partial charge < -0.3 is 9.88 Å². The first kappa shape index (κ1) is 22.3. The van der Waals surface area contributed by atoms with Crippen molar-refractivity contribution in [1.29, 1.82) is 0 Å². The molecule has 0 saturated carbocycles. The Labute approximate surface area is 187 Å². The molecule has 1 amide bonds. The van der Waals surface area contributed by atoms with E-state index in [-0.39, 0.29) is 5.91 Å². The number of fused-ring (bicyclic) bond motifs is 1. The van der Waals surface area contributed by atoms with Crippen LogP contribution in [0.4, 0.5) is 0 Å². The van der Waals surface area contributed by atoms with E-state index in [0.717, 1.165) is 45.7 Å². The smallest absolute Gasteiger partial charge is 0.220 e. The number of amides is 1. The van der Waals surface area contributed by atoms with Gasteiger partial charge in [0, 0.05) is 49.2 Å². The number of hydrogen-bond acceptors (Lipinski definition) is 3. The van der Waals surface area contributed by atoms with E-state index in [1.54, 1.807) is 0 Å². The molecule has 1 N–H and O–H groups in total. The van der Waals surface area contributed by atoms with Crippen molar-refractivity contribution in [2.75, 3.05) is 32.7 Å². The van der Waals surface area contributed by atoms with Crippen LogP contribution in [0.3, 0.4) is 0 Å². The van der Waals surface area contributed by atoms with Gasteiger partial charge in [-0.25, -0.2) is 0 Å². The molecule has 1 aromatic heterocycles. The highest BCUT2D eigenvalue weighted by molar-refractivity contribution is 5.83. The highest BCUT2D eigenvalue weighted by atomic mass is 16.1. The summed E-state index contributed by atoms with van der Waals surface area (Å²) in [5, 5.41) is 4.60. The van der Waals surface area contributed by atoms with Gasteiger partial charge in [-0.2, -0.15) is 0 Å². The summed E-state index contributed by atoms with van der Waals surface area (Å²) in [6.45, 7) is 11.9. The fraction of sp³-hybridized carbons (Fsp3) is 0.654. The monoisotopic (exact) mass is 424 g/mol. The van der Waals surface area contributed by atoms with Gasteiger partial charge in [-0.1, -0.05) is 25.1 Å². The van der Waals surface area contributed by atoms with E-state index in [9.17, 15) is 4.79 Å². The van der Waals surface area contributed by atoms with Crippen LogP contribution >= 0.6 is 0 Å². The number of carbonyl (C=O) groups is 1. The number of nitrogens with zero attached hydrogens (tertiary/aromatic N) is 3. The van der Waals surface area contributed by atoms with Gasteiger partial charge in [-0.05, 0) is 82.8 Å². The number of likely N-dealkylation sites (tertiary alicyclic amines) is 2. The number of rotatable bonds is 9. The van der Waals surface area contributed by atoms with E-state index in [1.807, 2.05) is 0 Å². The Bertz CT molecular complexity index is 852. The van der Waals surface area contributed by atoms with Crippen molar-refractivity contribution in [3.8, 4) is 0 Å². The van der Waals surface area contributed by atoms with Gasteiger partial charge in [0.15, 0.2) is 0 Å². The maximum absolute atomic E-state index is 12.4. The summed E-state index contributed by atoms with van der Waals surface area (Å²) < 4.78 is 2.36. The molecule has 1 unspecified atom stereocenters. The second-order valence-electron chi connectivity index (χ2n) is 9.44. The van der Waals surface area contributed by atoms with Gasteiger partial charge in [0.1, 0.15) is 0 Å². The van der Waals surface area contributed by atoms with Crippen LogP contribution in [0.15, 0.2) is 30.5 Å². The maximum atomic E-state index is 12.4. The van der Waals surface area contributed by atoms with Crippen LogP contribution in [0.25, 0.3) is 10.9 Å². The first-order chi connectivity index (χ1) is 15.2. The molecule has 170 valence electrons. The average Bonchev–Trinajstić information content (AvgIpc) is 3.41. The van der Waals surface area contributed by atoms with Crippen LogP contribution in [0, 0.1) is 5.92 Å². The van der Waals surface area contributed by atoms with E-state index < -0.39 is 0 Å². The standard InChI is InChI=1S/C26H40N4O/c1-3-29-15-7-8-23(29)18-27-26(31)12-11-21-13-16-28(17-14-21)19-22-20-30(4-2)25-10-6-5-9-24(22)25/h5-6,9-10,20-21,23H,3-4,7-8,11-19H2,1-2H3,(H,27,31). The lowest BCUT2D eigenvalue weighted by molar-refractivity contribution is -0.121. The second-order valence-corrected chi connectivity index (χ2v) is 9.44. The van der Waals surface area contributed by atoms with Crippen molar-refractivity contribution in [3.63, 3.8) is 0 Å². The molecular weight excluding hydrogens is 384 g/mol. The van der Waals surface area contributed by atoms with Gasteiger partial charge in [-0.3, -0.25) is 14.6 Å². The molecule has 31 heavy (non-hydrogen) atoms. The number of piperidine rings is 1. The van der Waals surface area contributed by atoms with Crippen LogP contribution in [-0.2, 0) is 17.9 Å². The molecule has 5 nitrogen and oxygen atoms in total. The van der Waals surface area contributed by atoms with Gasteiger partial charge in [0.25, 0.3) is 0 Å². The van der Waals surface area contributed by atoms with Crippen molar-refractivity contribution in [2.24, 2.45) is 5.92 Å². The van der Waals surface area contributed by atoms with Crippen molar-refractivity contribution >= 4 is 16.8 Å². The zero-order valence-electron chi connectivity index (χ0n) is 19.5. The topological polar surface area (TPSA) is 40.5 Å². The Kier molecular flexibility index (Phi) is 7.67. The fourth-order valence-corrected chi connectivity index (χ4v) is 5.58. The van der Waals surface area contributed by atoms with E-state index in [0.29, 0.717) is 18.4 Å². The number of para-hydroxylation sites is 1. The highest BCUT2D eigenvalue weighted by Crippen LogP contribution is 2.27. The quantitative estimate of drug-likeness (QED) is 0.654. The summed E-state index contributed by atoms with van der Waals surface area (Å²) >= 11 is 0. The predicted molar refractivity (Wildman–Crippen MR) is 128 cm³/mol. The van der Waals surface area contributed by atoms with Crippen LogP contribution in [0.2, 0.25) is 0 Å². The Morgan fingerprint density at radius 3 is 2.65 bits per heavy atom. The Hall–Kier alpha value is -1.85. The summed E-state index contributed by atoms with van der Waals surface area (Å²) in [4.78, 5) is 17.4. The predicted octanol–water partition coefficient (Wildman–Crippen LogP) is 4.25. The molecule has 0 bridgehead atoms. The minimum Gasteiger partial charge on any atom is -0.355 e. The van der Waals surface area contributed by atoms with Crippen LogP contribution in [0.1, 0.15) is 57.9 Å². The van der Waals surface area contributed by atoms with Crippen molar-refractivity contribution in [3.05, 3.63) is 36.0 Å². The summed E-state index contributed by atoms with van der Waals surface area (Å²) in [6.07, 6.45) is 8.99. The molecular formula is C26H40N4O. The normalized spacial score (nSPS) is 21.2. The SMILES string of the molecule is CCN1CCCC1CNC(=O)CCC1CCN(Cc2cn(CC)c3ccccc23)CC1. The molecule has 1 atom stereocenters. The number of aromatic nitrogens is 1. The molecule has 5 heteroatoms.